The Morgan fingerprint density at radius 1 is 1.50 bits per heavy atom. The summed E-state index contributed by atoms with van der Waals surface area (Å²) in [5.74, 6) is 0. The van der Waals surface area contributed by atoms with Crippen molar-refractivity contribution in [3.05, 3.63) is 28.8 Å². The SMILES string of the molecule is C[C@H](Br)c1ccc(Cl)c(S(N)(=O)=O)c1. The van der Waals surface area contributed by atoms with E-state index in [1.807, 2.05) is 6.92 Å². The van der Waals surface area contributed by atoms with Crippen LogP contribution in [-0.2, 0) is 10.0 Å². The molecular formula is C8H9BrClNO2S. The molecule has 0 fully saturated rings. The maximum absolute atomic E-state index is 11.1. The van der Waals surface area contributed by atoms with E-state index in [1.54, 1.807) is 6.07 Å². The molecule has 0 saturated heterocycles. The molecule has 0 heterocycles. The third kappa shape index (κ3) is 2.70. The van der Waals surface area contributed by atoms with Crippen LogP contribution in [0.2, 0.25) is 5.02 Å². The second-order valence-corrected chi connectivity index (χ2v) is 6.16. The highest BCUT2D eigenvalue weighted by Gasteiger charge is 2.14. The first-order valence-corrected chi connectivity index (χ1v) is 6.62. The molecule has 1 atom stereocenters. The van der Waals surface area contributed by atoms with E-state index in [1.165, 1.54) is 12.1 Å². The number of primary sulfonamides is 1. The Balaban J connectivity index is 3.37. The number of hydrogen-bond donors (Lipinski definition) is 1. The minimum atomic E-state index is -3.74. The summed E-state index contributed by atoms with van der Waals surface area (Å²) < 4.78 is 22.2. The Hall–Kier alpha value is -0.100. The van der Waals surface area contributed by atoms with Crippen molar-refractivity contribution < 1.29 is 8.42 Å². The summed E-state index contributed by atoms with van der Waals surface area (Å²) in [7, 11) is -3.74. The average molecular weight is 299 g/mol. The lowest BCUT2D eigenvalue weighted by Crippen LogP contribution is -2.13. The van der Waals surface area contributed by atoms with Crippen molar-refractivity contribution in [1.82, 2.24) is 0 Å². The van der Waals surface area contributed by atoms with E-state index in [4.69, 9.17) is 16.7 Å². The molecule has 1 rings (SSSR count). The Morgan fingerprint density at radius 2 is 2.07 bits per heavy atom. The zero-order valence-corrected chi connectivity index (χ0v) is 10.5. The fourth-order valence-electron chi connectivity index (χ4n) is 0.985. The summed E-state index contributed by atoms with van der Waals surface area (Å²) in [6.45, 7) is 1.89. The maximum atomic E-state index is 11.1. The summed E-state index contributed by atoms with van der Waals surface area (Å²) >= 11 is 9.04. The number of alkyl halides is 1. The highest BCUT2D eigenvalue weighted by atomic mass is 79.9. The van der Waals surface area contributed by atoms with Gasteiger partial charge >= 0.3 is 0 Å². The van der Waals surface area contributed by atoms with Gasteiger partial charge in [0, 0.05) is 4.83 Å². The highest BCUT2D eigenvalue weighted by molar-refractivity contribution is 9.09. The monoisotopic (exact) mass is 297 g/mol. The molecule has 0 aliphatic heterocycles. The molecule has 2 N–H and O–H groups in total. The number of sulfonamides is 1. The zero-order valence-electron chi connectivity index (χ0n) is 7.37. The van der Waals surface area contributed by atoms with Crippen LogP contribution >= 0.6 is 27.5 Å². The molecule has 14 heavy (non-hydrogen) atoms. The Bertz CT molecular complexity index is 445. The second-order valence-electron chi connectivity index (χ2n) is 2.85. The van der Waals surface area contributed by atoms with Crippen molar-refractivity contribution in [2.75, 3.05) is 0 Å². The van der Waals surface area contributed by atoms with E-state index in [0.717, 1.165) is 5.56 Å². The van der Waals surface area contributed by atoms with E-state index in [2.05, 4.69) is 15.9 Å². The molecule has 0 unspecified atom stereocenters. The normalized spacial score (nSPS) is 14.0. The van der Waals surface area contributed by atoms with Crippen LogP contribution in [0.3, 0.4) is 0 Å². The van der Waals surface area contributed by atoms with Gasteiger partial charge in [-0.05, 0) is 24.6 Å². The quantitative estimate of drug-likeness (QED) is 0.853. The first kappa shape index (κ1) is 12.0. The molecule has 0 bridgehead atoms. The molecule has 0 spiro atoms. The van der Waals surface area contributed by atoms with Crippen LogP contribution in [0.5, 0.6) is 0 Å². The van der Waals surface area contributed by atoms with Gasteiger partial charge < -0.3 is 0 Å². The van der Waals surface area contributed by atoms with Crippen molar-refractivity contribution in [2.24, 2.45) is 5.14 Å². The average Bonchev–Trinajstić information content (AvgIpc) is 2.02. The van der Waals surface area contributed by atoms with Gasteiger partial charge in [0.15, 0.2) is 0 Å². The van der Waals surface area contributed by atoms with Crippen molar-refractivity contribution >= 4 is 37.6 Å². The number of halogens is 2. The van der Waals surface area contributed by atoms with Crippen LogP contribution < -0.4 is 5.14 Å². The van der Waals surface area contributed by atoms with Crippen molar-refractivity contribution in [1.29, 1.82) is 0 Å². The molecular weight excluding hydrogens is 290 g/mol. The summed E-state index contributed by atoms with van der Waals surface area (Å²) in [4.78, 5) is 0.0169. The van der Waals surface area contributed by atoms with E-state index >= 15 is 0 Å². The summed E-state index contributed by atoms with van der Waals surface area (Å²) in [5, 5.41) is 5.14. The highest BCUT2D eigenvalue weighted by Crippen LogP contribution is 2.28. The van der Waals surface area contributed by atoms with E-state index in [0.29, 0.717) is 0 Å². The van der Waals surface area contributed by atoms with Crippen molar-refractivity contribution in [3.8, 4) is 0 Å². The lowest BCUT2D eigenvalue weighted by atomic mass is 10.2. The molecule has 0 aliphatic carbocycles. The van der Waals surface area contributed by atoms with Crippen LogP contribution in [0.1, 0.15) is 17.3 Å². The number of rotatable bonds is 2. The van der Waals surface area contributed by atoms with Crippen molar-refractivity contribution in [3.63, 3.8) is 0 Å². The largest absolute Gasteiger partial charge is 0.239 e. The minimum absolute atomic E-state index is 0.0389. The van der Waals surface area contributed by atoms with Crippen LogP contribution in [-0.4, -0.2) is 8.42 Å². The fourth-order valence-corrected chi connectivity index (χ4v) is 2.35. The summed E-state index contributed by atoms with van der Waals surface area (Å²) in [6, 6.07) is 4.74. The molecule has 1 aromatic carbocycles. The molecule has 0 aromatic heterocycles. The minimum Gasteiger partial charge on any atom is -0.225 e. The summed E-state index contributed by atoms with van der Waals surface area (Å²) in [5.41, 5.74) is 0.818. The maximum Gasteiger partial charge on any atom is 0.239 e. The number of nitrogens with two attached hydrogens (primary N) is 1. The molecule has 0 aliphatic rings. The van der Waals surface area contributed by atoms with Crippen LogP contribution in [0, 0.1) is 0 Å². The molecule has 6 heteroatoms. The molecule has 0 saturated carbocycles. The molecule has 1 aromatic rings. The van der Waals surface area contributed by atoms with Gasteiger partial charge in [0.25, 0.3) is 0 Å². The molecule has 0 radical (unpaired) electrons. The Kier molecular flexibility index (Phi) is 3.58. The third-order valence-corrected chi connectivity index (χ3v) is 3.64. The van der Waals surface area contributed by atoms with E-state index in [9.17, 15) is 8.42 Å². The molecule has 3 nitrogen and oxygen atoms in total. The van der Waals surface area contributed by atoms with Gasteiger partial charge in [-0.3, -0.25) is 0 Å². The number of benzene rings is 1. The van der Waals surface area contributed by atoms with Crippen LogP contribution in [0.25, 0.3) is 0 Å². The van der Waals surface area contributed by atoms with Gasteiger partial charge in [-0.15, -0.1) is 0 Å². The topological polar surface area (TPSA) is 60.2 Å². The van der Waals surface area contributed by atoms with E-state index < -0.39 is 10.0 Å². The predicted octanol–water partition coefficient (Wildman–Crippen LogP) is 2.44. The first-order valence-electron chi connectivity index (χ1n) is 3.78. The Morgan fingerprint density at radius 3 is 2.50 bits per heavy atom. The first-order chi connectivity index (χ1) is 6.32. The molecule has 0 amide bonds. The third-order valence-electron chi connectivity index (χ3n) is 1.72. The van der Waals surface area contributed by atoms with Gasteiger partial charge in [0.1, 0.15) is 4.90 Å². The summed E-state index contributed by atoms with van der Waals surface area (Å²) in [6.07, 6.45) is 0. The predicted molar refractivity (Wildman–Crippen MR) is 60.2 cm³/mol. The number of hydrogen-bond acceptors (Lipinski definition) is 2. The van der Waals surface area contributed by atoms with Gasteiger partial charge in [-0.25, -0.2) is 13.6 Å². The van der Waals surface area contributed by atoms with E-state index in [-0.39, 0.29) is 14.7 Å². The smallest absolute Gasteiger partial charge is 0.225 e. The molecule has 78 valence electrons. The fraction of sp³-hybridized carbons (Fsp3) is 0.250. The van der Waals surface area contributed by atoms with Gasteiger partial charge in [0.05, 0.1) is 5.02 Å². The van der Waals surface area contributed by atoms with Crippen LogP contribution in [0.15, 0.2) is 23.1 Å². The van der Waals surface area contributed by atoms with Gasteiger partial charge in [0.2, 0.25) is 10.0 Å². The second kappa shape index (κ2) is 4.18. The van der Waals surface area contributed by atoms with Crippen molar-refractivity contribution in [2.45, 2.75) is 16.6 Å². The lowest BCUT2D eigenvalue weighted by molar-refractivity contribution is 0.597. The Labute approximate surface area is 96.4 Å². The van der Waals surface area contributed by atoms with Gasteiger partial charge in [-0.1, -0.05) is 33.6 Å². The van der Waals surface area contributed by atoms with Gasteiger partial charge in [-0.2, -0.15) is 0 Å². The zero-order chi connectivity index (χ0) is 10.9. The standard InChI is InChI=1S/C8H9BrClNO2S/c1-5(9)6-2-3-7(10)8(4-6)14(11,12)13/h2-5H,1H3,(H2,11,12,13)/t5-/m0/s1. The van der Waals surface area contributed by atoms with Crippen LogP contribution in [0.4, 0.5) is 0 Å². The lowest BCUT2D eigenvalue weighted by Gasteiger charge is -2.07.